The minimum Gasteiger partial charge on any atom is -0.507 e. The summed E-state index contributed by atoms with van der Waals surface area (Å²) in [4.78, 5) is 16.5. The van der Waals surface area contributed by atoms with Crippen LogP contribution < -0.4 is 0 Å². The van der Waals surface area contributed by atoms with Gasteiger partial charge in [-0.3, -0.25) is 9.79 Å². The highest BCUT2D eigenvalue weighted by Gasteiger charge is 2.46. The van der Waals surface area contributed by atoms with E-state index in [1.807, 2.05) is 36.4 Å². The van der Waals surface area contributed by atoms with Gasteiger partial charge in [0.05, 0.1) is 11.5 Å². The minimum absolute atomic E-state index is 0.0654. The van der Waals surface area contributed by atoms with Crippen LogP contribution in [0.3, 0.4) is 0 Å². The molecule has 1 fully saturated rings. The van der Waals surface area contributed by atoms with Crippen molar-refractivity contribution in [2.45, 2.75) is 30.7 Å². The predicted octanol–water partition coefficient (Wildman–Crippen LogP) is 4.15. The highest BCUT2D eigenvalue weighted by Crippen LogP contribution is 2.42. The molecule has 24 heavy (non-hydrogen) atoms. The van der Waals surface area contributed by atoms with Gasteiger partial charge in [-0.25, -0.2) is 0 Å². The lowest BCUT2D eigenvalue weighted by molar-refractivity contribution is -0.143. The summed E-state index contributed by atoms with van der Waals surface area (Å²) in [5, 5.41) is 19.7. The second-order valence-electron chi connectivity index (χ2n) is 6.13. The zero-order chi connectivity index (χ0) is 17.2. The summed E-state index contributed by atoms with van der Waals surface area (Å²) in [6.07, 6.45) is 3.39. The normalized spacial score (nSPS) is 23.6. The van der Waals surface area contributed by atoms with E-state index in [9.17, 15) is 15.0 Å². The second-order valence-corrected chi connectivity index (χ2v) is 7.05. The Hall–Kier alpha value is -2.14. The quantitative estimate of drug-likeness (QED) is 0.774. The van der Waals surface area contributed by atoms with Gasteiger partial charge in [-0.1, -0.05) is 46.3 Å². The standard InChI is InChI=1S/C19H18BrNO3/c20-15-7-6-13(17(22)10-15)12-21-16-8-9-19(11-16,18(23)24)14-4-2-1-3-5-14/h1-7,10,12,16,22H,8-9,11H2,(H,23,24)/t16-,19-/m1/s1. The molecule has 2 aromatic rings. The molecular formula is C19H18BrNO3. The van der Waals surface area contributed by atoms with Crippen LogP contribution in [0, 0.1) is 0 Å². The Morgan fingerprint density at radius 1 is 1.25 bits per heavy atom. The Kier molecular flexibility index (Phi) is 4.71. The zero-order valence-electron chi connectivity index (χ0n) is 13.0. The average molecular weight is 388 g/mol. The number of benzene rings is 2. The summed E-state index contributed by atoms with van der Waals surface area (Å²) >= 11 is 3.30. The Morgan fingerprint density at radius 3 is 2.67 bits per heavy atom. The van der Waals surface area contributed by atoms with Crippen molar-refractivity contribution >= 4 is 28.1 Å². The van der Waals surface area contributed by atoms with E-state index in [4.69, 9.17) is 0 Å². The molecule has 0 unspecified atom stereocenters. The van der Waals surface area contributed by atoms with Crippen LogP contribution in [0.15, 0.2) is 58.0 Å². The van der Waals surface area contributed by atoms with E-state index in [0.29, 0.717) is 18.4 Å². The van der Waals surface area contributed by atoms with E-state index in [2.05, 4.69) is 20.9 Å². The van der Waals surface area contributed by atoms with Gasteiger partial charge in [0.2, 0.25) is 0 Å². The molecule has 0 amide bonds. The van der Waals surface area contributed by atoms with Crippen molar-refractivity contribution in [3.05, 3.63) is 64.1 Å². The first kappa shape index (κ1) is 16.7. The summed E-state index contributed by atoms with van der Waals surface area (Å²) in [7, 11) is 0. The molecule has 0 saturated heterocycles. The van der Waals surface area contributed by atoms with Gasteiger partial charge in [0, 0.05) is 16.3 Å². The van der Waals surface area contributed by atoms with Crippen LogP contribution in [-0.2, 0) is 10.2 Å². The van der Waals surface area contributed by atoms with Crippen LogP contribution in [0.25, 0.3) is 0 Å². The number of aromatic hydroxyl groups is 1. The summed E-state index contributed by atoms with van der Waals surface area (Å²) in [6, 6.07) is 14.5. The number of rotatable bonds is 4. The fraction of sp³-hybridized carbons (Fsp3) is 0.263. The lowest BCUT2D eigenvalue weighted by Gasteiger charge is -2.24. The number of hydrogen-bond acceptors (Lipinski definition) is 3. The van der Waals surface area contributed by atoms with Crippen LogP contribution in [0.5, 0.6) is 5.75 Å². The number of aliphatic imine (C=N–C) groups is 1. The fourth-order valence-corrected chi connectivity index (χ4v) is 3.64. The van der Waals surface area contributed by atoms with Crippen molar-refractivity contribution in [3.63, 3.8) is 0 Å². The van der Waals surface area contributed by atoms with Crippen molar-refractivity contribution in [2.24, 2.45) is 4.99 Å². The molecule has 5 heteroatoms. The molecule has 0 aliphatic heterocycles. The molecule has 1 aliphatic carbocycles. The van der Waals surface area contributed by atoms with Gasteiger partial charge in [0.1, 0.15) is 5.75 Å². The number of halogens is 1. The van der Waals surface area contributed by atoms with Crippen molar-refractivity contribution < 1.29 is 15.0 Å². The van der Waals surface area contributed by atoms with Crippen molar-refractivity contribution in [3.8, 4) is 5.75 Å². The molecule has 0 spiro atoms. The molecule has 2 atom stereocenters. The third-order valence-electron chi connectivity index (χ3n) is 4.64. The first-order valence-electron chi connectivity index (χ1n) is 7.82. The zero-order valence-corrected chi connectivity index (χ0v) is 14.6. The predicted molar refractivity (Wildman–Crippen MR) is 96.8 cm³/mol. The second kappa shape index (κ2) is 6.77. The molecule has 124 valence electrons. The highest BCUT2D eigenvalue weighted by molar-refractivity contribution is 9.10. The Balaban J connectivity index is 1.81. The Morgan fingerprint density at radius 2 is 2.00 bits per heavy atom. The molecule has 1 saturated carbocycles. The number of aliphatic carboxylic acids is 1. The van der Waals surface area contributed by atoms with Gasteiger partial charge in [-0.05, 0) is 43.0 Å². The number of carboxylic acid groups (broad SMARTS) is 1. The number of hydrogen-bond donors (Lipinski definition) is 2. The van der Waals surface area contributed by atoms with Crippen LogP contribution in [0.4, 0.5) is 0 Å². The van der Waals surface area contributed by atoms with Gasteiger partial charge in [0.25, 0.3) is 0 Å². The summed E-state index contributed by atoms with van der Waals surface area (Å²) < 4.78 is 0.798. The molecule has 1 aliphatic rings. The smallest absolute Gasteiger partial charge is 0.314 e. The maximum atomic E-state index is 11.9. The van der Waals surface area contributed by atoms with E-state index in [-0.39, 0.29) is 11.8 Å². The van der Waals surface area contributed by atoms with Crippen LogP contribution in [-0.4, -0.2) is 28.4 Å². The molecule has 0 bridgehead atoms. The fourth-order valence-electron chi connectivity index (χ4n) is 3.30. The van der Waals surface area contributed by atoms with E-state index in [1.165, 1.54) is 0 Å². The number of phenolic OH excluding ortho intramolecular Hbond substituents is 1. The SMILES string of the molecule is O=C(O)[C@]1(c2ccccc2)CC[C@@H](N=Cc2ccc(Br)cc2O)C1. The lowest BCUT2D eigenvalue weighted by Crippen LogP contribution is -2.33. The van der Waals surface area contributed by atoms with Crippen LogP contribution >= 0.6 is 15.9 Å². The monoisotopic (exact) mass is 387 g/mol. The molecule has 2 aromatic carbocycles. The molecule has 2 N–H and O–H groups in total. The summed E-state index contributed by atoms with van der Waals surface area (Å²) in [5.41, 5.74) is 0.595. The summed E-state index contributed by atoms with van der Waals surface area (Å²) in [5.74, 6) is -0.642. The topological polar surface area (TPSA) is 69.9 Å². The first-order valence-corrected chi connectivity index (χ1v) is 8.61. The van der Waals surface area contributed by atoms with E-state index < -0.39 is 11.4 Å². The van der Waals surface area contributed by atoms with Crippen LogP contribution in [0.1, 0.15) is 30.4 Å². The van der Waals surface area contributed by atoms with Crippen molar-refractivity contribution in [1.29, 1.82) is 0 Å². The minimum atomic E-state index is -0.870. The summed E-state index contributed by atoms with van der Waals surface area (Å²) in [6.45, 7) is 0. The van der Waals surface area contributed by atoms with Gasteiger partial charge in [-0.15, -0.1) is 0 Å². The average Bonchev–Trinajstić information content (AvgIpc) is 3.01. The molecule has 0 aromatic heterocycles. The van der Waals surface area contributed by atoms with Crippen molar-refractivity contribution in [1.82, 2.24) is 0 Å². The van der Waals surface area contributed by atoms with E-state index in [0.717, 1.165) is 16.5 Å². The Bertz CT molecular complexity index is 775. The molecule has 0 heterocycles. The van der Waals surface area contributed by atoms with Crippen molar-refractivity contribution in [2.75, 3.05) is 0 Å². The Labute approximate surface area is 149 Å². The number of carbonyl (C=O) groups is 1. The van der Waals surface area contributed by atoms with Gasteiger partial charge >= 0.3 is 5.97 Å². The third-order valence-corrected chi connectivity index (χ3v) is 5.13. The van der Waals surface area contributed by atoms with E-state index in [1.54, 1.807) is 18.3 Å². The largest absolute Gasteiger partial charge is 0.507 e. The number of carboxylic acids is 1. The van der Waals surface area contributed by atoms with Gasteiger partial charge < -0.3 is 10.2 Å². The van der Waals surface area contributed by atoms with Gasteiger partial charge in [0.15, 0.2) is 0 Å². The number of phenols is 1. The molecule has 0 radical (unpaired) electrons. The number of nitrogens with zero attached hydrogens (tertiary/aromatic N) is 1. The van der Waals surface area contributed by atoms with E-state index >= 15 is 0 Å². The highest BCUT2D eigenvalue weighted by atomic mass is 79.9. The molecular weight excluding hydrogens is 370 g/mol. The lowest BCUT2D eigenvalue weighted by atomic mass is 9.79. The first-order chi connectivity index (χ1) is 11.5. The van der Waals surface area contributed by atoms with Crippen LogP contribution in [0.2, 0.25) is 0 Å². The third kappa shape index (κ3) is 3.22. The van der Waals surface area contributed by atoms with Gasteiger partial charge in [-0.2, -0.15) is 0 Å². The maximum Gasteiger partial charge on any atom is 0.314 e. The molecule has 3 rings (SSSR count). The maximum absolute atomic E-state index is 11.9. The molecule has 4 nitrogen and oxygen atoms in total.